The maximum Gasteiger partial charge on any atom is 0.174 e. The van der Waals surface area contributed by atoms with E-state index < -0.39 is 0 Å². The molecular weight excluding hydrogens is 364 g/mol. The summed E-state index contributed by atoms with van der Waals surface area (Å²) >= 11 is 5.77. The highest BCUT2D eigenvalue weighted by atomic mass is 32.1. The molecule has 2 unspecified atom stereocenters. The van der Waals surface area contributed by atoms with Crippen LogP contribution in [0.4, 0.5) is 5.69 Å². The molecule has 0 bridgehead atoms. The Morgan fingerprint density at radius 1 is 1.04 bits per heavy atom. The zero-order chi connectivity index (χ0) is 19.9. The average Bonchev–Trinajstić information content (AvgIpc) is 3.28. The molecule has 1 aliphatic heterocycles. The second-order valence-electron chi connectivity index (χ2n) is 8.36. The molecule has 2 aromatic heterocycles. The Bertz CT molecular complexity index is 970. The van der Waals surface area contributed by atoms with Gasteiger partial charge in [-0.15, -0.1) is 0 Å². The normalized spacial score (nSPS) is 19.7. The summed E-state index contributed by atoms with van der Waals surface area (Å²) in [5.74, 6) is 0. The van der Waals surface area contributed by atoms with Crippen molar-refractivity contribution in [3.8, 4) is 0 Å². The van der Waals surface area contributed by atoms with Crippen molar-refractivity contribution in [2.24, 2.45) is 0 Å². The molecule has 0 spiro atoms. The van der Waals surface area contributed by atoms with Crippen molar-refractivity contribution >= 4 is 23.0 Å². The van der Waals surface area contributed by atoms with Gasteiger partial charge < -0.3 is 14.8 Å². The average molecular weight is 391 g/mol. The molecule has 1 saturated heterocycles. The van der Waals surface area contributed by atoms with Crippen LogP contribution in [-0.2, 0) is 5.54 Å². The zero-order valence-corrected chi connectivity index (χ0v) is 17.6. The van der Waals surface area contributed by atoms with Crippen molar-refractivity contribution in [1.82, 2.24) is 14.9 Å². The standard InChI is InChI=1S/C23H26N4S/c1-16-8-10-18(11-9-16)27-21(17-12-14-26(15-17)23(2,3)4)20(25-22(27)28)19-7-5-6-13-24-19/h5-15,20-21H,1-4H3,(H,25,28). The molecule has 1 N–H and O–H groups in total. The molecule has 0 saturated carbocycles. The highest BCUT2D eigenvalue weighted by Gasteiger charge is 2.41. The van der Waals surface area contributed by atoms with Gasteiger partial charge in [0, 0.05) is 29.8 Å². The van der Waals surface area contributed by atoms with E-state index in [1.54, 1.807) is 0 Å². The lowest BCUT2D eigenvalue weighted by Gasteiger charge is -2.28. The van der Waals surface area contributed by atoms with Gasteiger partial charge in [-0.3, -0.25) is 4.98 Å². The maximum atomic E-state index is 5.77. The minimum absolute atomic E-state index is 0.00850. The van der Waals surface area contributed by atoms with Crippen LogP contribution in [0.5, 0.6) is 0 Å². The number of rotatable bonds is 3. The fourth-order valence-corrected chi connectivity index (χ4v) is 4.03. The smallest absolute Gasteiger partial charge is 0.174 e. The topological polar surface area (TPSA) is 33.1 Å². The summed E-state index contributed by atoms with van der Waals surface area (Å²) in [6.45, 7) is 8.73. The fourth-order valence-electron chi connectivity index (χ4n) is 3.68. The number of nitrogens with zero attached hydrogens (tertiary/aromatic N) is 3. The molecule has 2 atom stereocenters. The Labute approximate surface area is 172 Å². The summed E-state index contributed by atoms with van der Waals surface area (Å²) in [4.78, 5) is 6.83. The van der Waals surface area contributed by atoms with Crippen LogP contribution >= 0.6 is 12.2 Å². The Hall–Kier alpha value is -2.66. The van der Waals surface area contributed by atoms with Crippen molar-refractivity contribution in [2.45, 2.75) is 45.3 Å². The van der Waals surface area contributed by atoms with Crippen molar-refractivity contribution in [3.05, 3.63) is 83.9 Å². The first-order valence-electron chi connectivity index (χ1n) is 9.60. The molecule has 1 fully saturated rings. The van der Waals surface area contributed by atoms with E-state index in [-0.39, 0.29) is 17.6 Å². The second-order valence-corrected chi connectivity index (χ2v) is 8.74. The first kappa shape index (κ1) is 18.7. The van der Waals surface area contributed by atoms with Gasteiger partial charge in [-0.2, -0.15) is 0 Å². The number of hydrogen-bond acceptors (Lipinski definition) is 2. The summed E-state index contributed by atoms with van der Waals surface area (Å²) in [6, 6.07) is 16.8. The van der Waals surface area contributed by atoms with Gasteiger partial charge in [0.1, 0.15) is 0 Å². The van der Waals surface area contributed by atoms with Gasteiger partial charge >= 0.3 is 0 Å². The molecule has 1 aromatic carbocycles. The monoisotopic (exact) mass is 390 g/mol. The van der Waals surface area contributed by atoms with Gasteiger partial charge in [0.05, 0.1) is 17.8 Å². The molecule has 1 aliphatic rings. The summed E-state index contributed by atoms with van der Waals surface area (Å²) < 4.78 is 2.26. The quantitative estimate of drug-likeness (QED) is 0.629. The van der Waals surface area contributed by atoms with E-state index in [9.17, 15) is 0 Å². The predicted molar refractivity (Wildman–Crippen MR) is 119 cm³/mol. The highest BCUT2D eigenvalue weighted by molar-refractivity contribution is 7.80. The van der Waals surface area contributed by atoms with E-state index >= 15 is 0 Å². The van der Waals surface area contributed by atoms with Crippen LogP contribution in [0, 0.1) is 6.92 Å². The first-order valence-corrected chi connectivity index (χ1v) is 10.0. The minimum atomic E-state index is -0.00850. The number of aryl methyl sites for hydroxylation is 1. The SMILES string of the molecule is Cc1ccc(N2C(=S)NC(c3ccccn3)C2c2ccn(C(C)(C)C)c2)cc1. The Kier molecular flexibility index (Phi) is 4.71. The number of pyridine rings is 1. The molecule has 4 nitrogen and oxygen atoms in total. The van der Waals surface area contributed by atoms with Crippen LogP contribution in [0.1, 0.15) is 49.7 Å². The molecule has 5 heteroatoms. The van der Waals surface area contributed by atoms with E-state index in [1.165, 1.54) is 11.1 Å². The molecule has 144 valence electrons. The molecule has 0 aliphatic carbocycles. The number of aromatic nitrogens is 2. The first-order chi connectivity index (χ1) is 13.3. The number of hydrogen-bond donors (Lipinski definition) is 1. The molecular formula is C23H26N4S. The van der Waals surface area contributed by atoms with E-state index in [4.69, 9.17) is 12.2 Å². The van der Waals surface area contributed by atoms with Gasteiger partial charge in [-0.05, 0) is 75.8 Å². The maximum absolute atomic E-state index is 5.77. The molecule has 28 heavy (non-hydrogen) atoms. The van der Waals surface area contributed by atoms with Crippen molar-refractivity contribution in [1.29, 1.82) is 0 Å². The molecule has 3 heterocycles. The van der Waals surface area contributed by atoms with Gasteiger partial charge in [0.25, 0.3) is 0 Å². The Morgan fingerprint density at radius 3 is 2.39 bits per heavy atom. The summed E-state index contributed by atoms with van der Waals surface area (Å²) in [5.41, 5.74) is 4.57. The highest BCUT2D eigenvalue weighted by Crippen LogP contribution is 2.41. The van der Waals surface area contributed by atoms with Gasteiger partial charge in [0.15, 0.2) is 5.11 Å². The van der Waals surface area contributed by atoms with Crippen LogP contribution in [-0.4, -0.2) is 14.7 Å². The molecule has 0 amide bonds. The van der Waals surface area contributed by atoms with Gasteiger partial charge in [-0.1, -0.05) is 23.8 Å². The number of thiocarbonyl (C=S) groups is 1. The molecule has 0 radical (unpaired) electrons. The van der Waals surface area contributed by atoms with E-state index in [0.717, 1.165) is 16.5 Å². The third-order valence-electron chi connectivity index (χ3n) is 5.24. The number of nitrogens with one attached hydrogen (secondary N) is 1. The number of anilines is 1. The zero-order valence-electron chi connectivity index (χ0n) is 16.8. The van der Waals surface area contributed by atoms with Crippen LogP contribution in [0.25, 0.3) is 0 Å². The van der Waals surface area contributed by atoms with Crippen molar-refractivity contribution < 1.29 is 0 Å². The van der Waals surface area contributed by atoms with E-state index in [2.05, 4.69) is 96.3 Å². The molecule has 4 rings (SSSR count). The van der Waals surface area contributed by atoms with E-state index in [1.807, 2.05) is 18.3 Å². The third-order valence-corrected chi connectivity index (χ3v) is 5.56. The summed E-state index contributed by atoms with van der Waals surface area (Å²) in [5, 5.41) is 4.25. The fraction of sp³-hybridized carbons (Fsp3) is 0.304. The lowest BCUT2D eigenvalue weighted by atomic mass is 9.98. The van der Waals surface area contributed by atoms with Crippen molar-refractivity contribution in [3.63, 3.8) is 0 Å². The Balaban J connectivity index is 1.81. The molecule has 3 aromatic rings. The third kappa shape index (κ3) is 3.42. The van der Waals surface area contributed by atoms with Crippen molar-refractivity contribution in [2.75, 3.05) is 4.90 Å². The summed E-state index contributed by atoms with van der Waals surface area (Å²) in [6.07, 6.45) is 6.23. The Morgan fingerprint density at radius 2 is 1.79 bits per heavy atom. The second kappa shape index (κ2) is 7.06. The largest absolute Gasteiger partial charge is 0.351 e. The summed E-state index contributed by atoms with van der Waals surface area (Å²) in [7, 11) is 0. The van der Waals surface area contributed by atoms with Crippen LogP contribution in [0.15, 0.2) is 67.1 Å². The lowest BCUT2D eigenvalue weighted by Crippen LogP contribution is -2.29. The minimum Gasteiger partial charge on any atom is -0.351 e. The lowest BCUT2D eigenvalue weighted by molar-refractivity contribution is 0.397. The van der Waals surface area contributed by atoms with Crippen LogP contribution in [0.2, 0.25) is 0 Å². The van der Waals surface area contributed by atoms with Gasteiger partial charge in [0.2, 0.25) is 0 Å². The van der Waals surface area contributed by atoms with Crippen LogP contribution < -0.4 is 10.2 Å². The van der Waals surface area contributed by atoms with Gasteiger partial charge in [-0.25, -0.2) is 0 Å². The number of benzene rings is 1. The predicted octanol–water partition coefficient (Wildman–Crippen LogP) is 5.12. The van der Waals surface area contributed by atoms with Crippen LogP contribution in [0.3, 0.4) is 0 Å². The van der Waals surface area contributed by atoms with E-state index in [0.29, 0.717) is 0 Å².